The molecule has 0 aliphatic carbocycles. The molecule has 13 nitrogen and oxygen atoms in total. The Hall–Kier alpha value is -4.39. The predicted molar refractivity (Wildman–Crippen MR) is 146 cm³/mol. The second kappa shape index (κ2) is 10.4. The first kappa shape index (κ1) is 26.2. The van der Waals surface area contributed by atoms with E-state index in [2.05, 4.69) is 15.1 Å². The Bertz CT molecular complexity index is 1500. The predicted octanol–water partition coefficient (Wildman–Crippen LogP) is 1.14. The van der Waals surface area contributed by atoms with Crippen molar-refractivity contribution in [2.24, 2.45) is 4.99 Å². The third kappa shape index (κ3) is 5.04. The van der Waals surface area contributed by atoms with Crippen LogP contribution < -0.4 is 20.0 Å². The smallest absolute Gasteiger partial charge is 0.319 e. The molecule has 2 aliphatic heterocycles. The maximum Gasteiger partial charge on any atom is 0.319 e. The van der Waals surface area contributed by atoms with E-state index in [0.717, 1.165) is 11.1 Å². The molecular formula is C26H32N8O5. The molecule has 1 fully saturated rings. The first-order valence-electron chi connectivity index (χ1n) is 12.6. The van der Waals surface area contributed by atoms with Crippen LogP contribution in [-0.2, 0) is 6.54 Å². The zero-order chi connectivity index (χ0) is 27.7. The highest BCUT2D eigenvalue weighted by Crippen LogP contribution is 2.30. The van der Waals surface area contributed by atoms with Crippen molar-refractivity contribution >= 4 is 28.9 Å². The molecule has 1 N–H and O–H groups in total. The van der Waals surface area contributed by atoms with Crippen molar-refractivity contribution in [3.05, 3.63) is 52.8 Å². The van der Waals surface area contributed by atoms with Crippen molar-refractivity contribution in [1.29, 1.82) is 0 Å². The molecule has 5 rings (SSSR count). The molecule has 39 heavy (non-hydrogen) atoms. The largest absolute Gasteiger partial charge is 0.493 e. The van der Waals surface area contributed by atoms with Gasteiger partial charge in [-0.15, -0.1) is 0 Å². The van der Waals surface area contributed by atoms with Crippen LogP contribution in [0, 0.1) is 0 Å². The molecule has 1 aromatic carbocycles. The maximum atomic E-state index is 13.3. The normalized spacial score (nSPS) is 16.8. The molecule has 0 saturated carbocycles. The monoisotopic (exact) mass is 536 g/mol. The van der Waals surface area contributed by atoms with E-state index in [1.54, 1.807) is 49.2 Å². The second-order valence-corrected chi connectivity index (χ2v) is 9.88. The van der Waals surface area contributed by atoms with Gasteiger partial charge in [0.25, 0.3) is 5.56 Å². The number of amides is 2. The van der Waals surface area contributed by atoms with Gasteiger partial charge in [0.1, 0.15) is 18.4 Å². The second-order valence-electron chi connectivity index (χ2n) is 9.88. The van der Waals surface area contributed by atoms with Crippen molar-refractivity contribution in [2.45, 2.75) is 25.0 Å². The fourth-order valence-corrected chi connectivity index (χ4v) is 4.85. The summed E-state index contributed by atoms with van der Waals surface area (Å²) in [5.74, 6) is 1.23. The van der Waals surface area contributed by atoms with Crippen LogP contribution in [0.15, 0.2) is 46.7 Å². The highest BCUT2D eigenvalue weighted by Gasteiger charge is 2.35. The number of aromatic nitrogens is 4. The molecule has 0 bridgehead atoms. The number of urea groups is 1. The Labute approximate surface area is 225 Å². The highest BCUT2D eigenvalue weighted by molar-refractivity contribution is 6.10. The first-order chi connectivity index (χ1) is 18.7. The lowest BCUT2D eigenvalue weighted by Gasteiger charge is -2.39. The quantitative estimate of drug-likeness (QED) is 0.496. The van der Waals surface area contributed by atoms with Gasteiger partial charge in [-0.3, -0.25) is 14.4 Å². The lowest BCUT2D eigenvalue weighted by Crippen LogP contribution is -2.51. The molecule has 2 aromatic heterocycles. The summed E-state index contributed by atoms with van der Waals surface area (Å²) in [5, 5.41) is 17.7. The van der Waals surface area contributed by atoms with Crippen molar-refractivity contribution in [2.75, 3.05) is 53.1 Å². The minimum absolute atomic E-state index is 0.0846. The number of ether oxygens (including phenoxy) is 2. The van der Waals surface area contributed by atoms with Gasteiger partial charge in [0.15, 0.2) is 17.1 Å². The number of hydrogen-bond donors (Lipinski definition) is 1. The van der Waals surface area contributed by atoms with Crippen molar-refractivity contribution in [3.63, 3.8) is 0 Å². The summed E-state index contributed by atoms with van der Waals surface area (Å²) in [6, 6.07) is 5.51. The molecule has 0 radical (unpaired) electrons. The van der Waals surface area contributed by atoms with Gasteiger partial charge in [-0.25, -0.2) is 14.8 Å². The van der Waals surface area contributed by atoms with Crippen LogP contribution in [0.2, 0.25) is 0 Å². The van der Waals surface area contributed by atoms with Crippen LogP contribution in [0.25, 0.3) is 16.6 Å². The molecular weight excluding hydrogens is 504 g/mol. The van der Waals surface area contributed by atoms with E-state index in [0.29, 0.717) is 55.1 Å². The van der Waals surface area contributed by atoms with Crippen LogP contribution in [0.1, 0.15) is 18.4 Å². The summed E-state index contributed by atoms with van der Waals surface area (Å²) in [6.45, 7) is 1.21. The van der Waals surface area contributed by atoms with E-state index in [4.69, 9.17) is 9.47 Å². The van der Waals surface area contributed by atoms with E-state index in [-0.39, 0.29) is 18.1 Å². The first-order valence-corrected chi connectivity index (χ1v) is 12.6. The topological polar surface area (TPSA) is 131 Å². The van der Waals surface area contributed by atoms with Gasteiger partial charge in [0, 0.05) is 45.2 Å². The van der Waals surface area contributed by atoms with Crippen LogP contribution in [0.4, 0.5) is 4.79 Å². The molecule has 0 atom stereocenters. The summed E-state index contributed by atoms with van der Waals surface area (Å²) >= 11 is 0. The summed E-state index contributed by atoms with van der Waals surface area (Å²) in [5.41, 5.74) is 0.669. The summed E-state index contributed by atoms with van der Waals surface area (Å²) in [7, 11) is 6.57. The SMILES string of the molecule is COc1ccc(C2=CN(n3ncc4c(=O)n(CC5(O)CCN(C(=O)N(C)C)CC5)cnc43)CN=C2)cc1OC. The zero-order valence-corrected chi connectivity index (χ0v) is 22.4. The molecule has 2 amide bonds. The number of carbonyl (C=O) groups is 1. The van der Waals surface area contributed by atoms with Gasteiger partial charge in [0.2, 0.25) is 0 Å². The van der Waals surface area contributed by atoms with Crippen molar-refractivity contribution in [1.82, 2.24) is 29.2 Å². The van der Waals surface area contributed by atoms with E-state index in [1.165, 1.54) is 22.0 Å². The number of aliphatic imine (C=N–C) groups is 1. The van der Waals surface area contributed by atoms with Crippen LogP contribution >= 0.6 is 0 Å². The lowest BCUT2D eigenvalue weighted by atomic mass is 9.91. The number of piperidine rings is 1. The van der Waals surface area contributed by atoms with E-state index < -0.39 is 5.60 Å². The molecule has 1 saturated heterocycles. The van der Waals surface area contributed by atoms with Gasteiger partial charge in [0.05, 0.1) is 32.6 Å². The summed E-state index contributed by atoms with van der Waals surface area (Å²) in [4.78, 5) is 39.3. The molecule has 3 aromatic rings. The summed E-state index contributed by atoms with van der Waals surface area (Å²) in [6.07, 6.45) is 7.29. The summed E-state index contributed by atoms with van der Waals surface area (Å²) < 4.78 is 12.2. The van der Waals surface area contributed by atoms with Gasteiger partial charge >= 0.3 is 6.03 Å². The van der Waals surface area contributed by atoms with Gasteiger partial charge in [-0.2, -0.15) is 9.89 Å². The maximum absolute atomic E-state index is 13.3. The average Bonchev–Trinajstić information content (AvgIpc) is 3.39. The Balaban J connectivity index is 1.37. The minimum Gasteiger partial charge on any atom is -0.493 e. The molecule has 13 heteroatoms. The number of methoxy groups -OCH3 is 2. The number of fused-ring (bicyclic) bond motifs is 1. The third-order valence-corrected chi connectivity index (χ3v) is 7.05. The lowest BCUT2D eigenvalue weighted by molar-refractivity contribution is -0.0282. The zero-order valence-electron chi connectivity index (χ0n) is 22.4. The third-order valence-electron chi connectivity index (χ3n) is 7.05. The Kier molecular flexibility index (Phi) is 7.00. The molecule has 0 unspecified atom stereocenters. The molecule has 2 aliphatic rings. The number of nitrogens with zero attached hydrogens (tertiary/aromatic N) is 8. The van der Waals surface area contributed by atoms with E-state index in [9.17, 15) is 14.7 Å². The highest BCUT2D eigenvalue weighted by atomic mass is 16.5. The fourth-order valence-electron chi connectivity index (χ4n) is 4.85. The molecule has 206 valence electrons. The number of allylic oxidation sites excluding steroid dienone is 1. The molecule has 0 spiro atoms. The average molecular weight is 537 g/mol. The molecule has 4 heterocycles. The van der Waals surface area contributed by atoms with Crippen molar-refractivity contribution < 1.29 is 19.4 Å². The number of rotatable bonds is 6. The van der Waals surface area contributed by atoms with Gasteiger partial charge in [-0.05, 0) is 30.5 Å². The van der Waals surface area contributed by atoms with Gasteiger partial charge in [-0.1, -0.05) is 6.07 Å². The van der Waals surface area contributed by atoms with Gasteiger partial charge < -0.3 is 24.4 Å². The Morgan fingerprint density at radius 3 is 2.59 bits per heavy atom. The number of likely N-dealkylation sites (tertiary alicyclic amines) is 1. The number of hydrogen-bond acceptors (Lipinski definition) is 9. The van der Waals surface area contributed by atoms with Crippen LogP contribution in [-0.4, -0.2) is 100 Å². The fraction of sp³-hybridized carbons (Fsp3) is 0.423. The van der Waals surface area contributed by atoms with Crippen molar-refractivity contribution in [3.8, 4) is 11.5 Å². The minimum atomic E-state index is -1.11. The number of carbonyl (C=O) groups excluding carboxylic acids is 1. The standard InChI is InChI=1S/C26H32N8O5/c1-30(2)25(36)31-9-7-26(37,8-10-31)15-32-17-28-23-20(24(32)35)13-29-34(23)33-14-19(12-27-16-33)18-5-6-21(38-3)22(11-18)39-4/h5-6,11-14,17,37H,7-10,15-16H2,1-4H3. The number of benzene rings is 1. The Morgan fingerprint density at radius 1 is 1.15 bits per heavy atom. The number of aliphatic hydroxyl groups is 1. The van der Waals surface area contributed by atoms with E-state index in [1.807, 2.05) is 24.4 Å². The van der Waals surface area contributed by atoms with E-state index >= 15 is 0 Å². The van der Waals surface area contributed by atoms with Crippen LogP contribution in [0.5, 0.6) is 11.5 Å². The van der Waals surface area contributed by atoms with Crippen LogP contribution in [0.3, 0.4) is 0 Å². The Morgan fingerprint density at radius 2 is 1.90 bits per heavy atom.